The summed E-state index contributed by atoms with van der Waals surface area (Å²) in [6, 6.07) is 7.00. The van der Waals surface area contributed by atoms with Crippen molar-refractivity contribution in [2.45, 2.75) is 52.0 Å². The van der Waals surface area contributed by atoms with Gasteiger partial charge in [-0.1, -0.05) is 65.0 Å². The van der Waals surface area contributed by atoms with Crippen LogP contribution >= 0.6 is 31.9 Å². The number of rotatable bonds is 5. The van der Waals surface area contributed by atoms with Crippen molar-refractivity contribution in [3.05, 3.63) is 32.7 Å². The number of hydrogen-bond donors (Lipinski definition) is 1. The first kappa shape index (κ1) is 16.5. The SMILES string of the molecule is CCNC(c1cc(Br)ccc1Br)C1CCCC(CC)C1. The van der Waals surface area contributed by atoms with Crippen LogP contribution in [0.1, 0.15) is 57.6 Å². The molecule has 1 aliphatic rings. The minimum atomic E-state index is 0.473. The van der Waals surface area contributed by atoms with Gasteiger partial charge in [-0.05, 0) is 55.0 Å². The smallest absolute Gasteiger partial charge is 0.0360 e. The maximum Gasteiger partial charge on any atom is 0.0360 e. The molecule has 112 valence electrons. The van der Waals surface area contributed by atoms with Crippen molar-refractivity contribution in [3.63, 3.8) is 0 Å². The normalized spacial score (nSPS) is 24.6. The molecule has 0 bridgehead atoms. The standard InChI is InChI=1S/C17H25Br2N/c1-3-12-6-5-7-13(10-12)17(20-4-2)15-11-14(18)8-9-16(15)19/h8-9,11-13,17,20H,3-7,10H2,1-2H3. The van der Waals surface area contributed by atoms with E-state index in [-0.39, 0.29) is 0 Å². The van der Waals surface area contributed by atoms with Crippen LogP contribution in [-0.4, -0.2) is 6.54 Å². The number of benzene rings is 1. The monoisotopic (exact) mass is 401 g/mol. The van der Waals surface area contributed by atoms with Gasteiger partial charge in [0.2, 0.25) is 0 Å². The highest BCUT2D eigenvalue weighted by Gasteiger charge is 2.29. The van der Waals surface area contributed by atoms with Gasteiger partial charge in [-0.2, -0.15) is 0 Å². The molecule has 1 nitrogen and oxygen atoms in total. The highest BCUT2D eigenvalue weighted by atomic mass is 79.9. The van der Waals surface area contributed by atoms with E-state index in [2.05, 4.69) is 69.2 Å². The Hall–Kier alpha value is 0.140. The highest BCUT2D eigenvalue weighted by Crippen LogP contribution is 2.40. The molecule has 3 heteroatoms. The van der Waals surface area contributed by atoms with E-state index < -0.39 is 0 Å². The van der Waals surface area contributed by atoms with E-state index >= 15 is 0 Å². The molecule has 0 aliphatic heterocycles. The van der Waals surface area contributed by atoms with Crippen molar-refractivity contribution in [1.29, 1.82) is 0 Å². The van der Waals surface area contributed by atoms with Crippen molar-refractivity contribution in [2.24, 2.45) is 11.8 Å². The largest absolute Gasteiger partial charge is 0.310 e. The Balaban J connectivity index is 2.23. The third-order valence-corrected chi connectivity index (χ3v) is 5.80. The summed E-state index contributed by atoms with van der Waals surface area (Å²) in [4.78, 5) is 0. The van der Waals surface area contributed by atoms with Crippen LogP contribution in [0.4, 0.5) is 0 Å². The van der Waals surface area contributed by atoms with Gasteiger partial charge < -0.3 is 5.32 Å². The lowest BCUT2D eigenvalue weighted by atomic mass is 9.75. The molecule has 3 atom stereocenters. The summed E-state index contributed by atoms with van der Waals surface area (Å²) in [5.74, 6) is 1.68. The first-order chi connectivity index (χ1) is 9.65. The zero-order valence-electron chi connectivity index (χ0n) is 12.5. The third-order valence-electron chi connectivity index (χ3n) is 4.59. The van der Waals surface area contributed by atoms with E-state index in [1.165, 1.54) is 46.6 Å². The average molecular weight is 403 g/mol. The Morgan fingerprint density at radius 1 is 1.25 bits per heavy atom. The molecule has 0 radical (unpaired) electrons. The maximum atomic E-state index is 3.74. The average Bonchev–Trinajstić information content (AvgIpc) is 2.47. The van der Waals surface area contributed by atoms with Crippen molar-refractivity contribution in [3.8, 4) is 0 Å². The molecule has 0 saturated heterocycles. The summed E-state index contributed by atoms with van der Waals surface area (Å²) < 4.78 is 2.40. The fraction of sp³-hybridized carbons (Fsp3) is 0.647. The van der Waals surface area contributed by atoms with Gasteiger partial charge in [-0.15, -0.1) is 0 Å². The molecule has 1 aromatic carbocycles. The summed E-state index contributed by atoms with van der Waals surface area (Å²) in [6.45, 7) is 5.57. The fourth-order valence-corrected chi connectivity index (χ4v) is 4.38. The van der Waals surface area contributed by atoms with Crippen LogP contribution in [0, 0.1) is 11.8 Å². The molecule has 3 unspecified atom stereocenters. The maximum absolute atomic E-state index is 3.74. The minimum absolute atomic E-state index is 0.473. The second-order valence-corrected chi connectivity index (χ2v) is 7.67. The lowest BCUT2D eigenvalue weighted by molar-refractivity contribution is 0.210. The van der Waals surface area contributed by atoms with Gasteiger partial charge >= 0.3 is 0 Å². The van der Waals surface area contributed by atoms with E-state index in [1.807, 2.05) is 0 Å². The number of hydrogen-bond acceptors (Lipinski definition) is 1. The van der Waals surface area contributed by atoms with Crippen LogP contribution in [-0.2, 0) is 0 Å². The Bertz CT molecular complexity index is 433. The Morgan fingerprint density at radius 3 is 2.75 bits per heavy atom. The van der Waals surface area contributed by atoms with Crippen molar-refractivity contribution < 1.29 is 0 Å². The first-order valence-electron chi connectivity index (χ1n) is 7.84. The molecular weight excluding hydrogens is 378 g/mol. The van der Waals surface area contributed by atoms with E-state index in [9.17, 15) is 0 Å². The minimum Gasteiger partial charge on any atom is -0.310 e. The van der Waals surface area contributed by atoms with Crippen molar-refractivity contribution in [2.75, 3.05) is 6.54 Å². The van der Waals surface area contributed by atoms with Gasteiger partial charge in [0.05, 0.1) is 0 Å². The first-order valence-corrected chi connectivity index (χ1v) is 9.42. The molecule has 1 fully saturated rings. The summed E-state index contributed by atoms with van der Waals surface area (Å²) in [6.07, 6.45) is 6.86. The topological polar surface area (TPSA) is 12.0 Å². The molecule has 1 N–H and O–H groups in total. The molecular formula is C17H25Br2N. The van der Waals surface area contributed by atoms with E-state index in [0.29, 0.717) is 6.04 Å². The van der Waals surface area contributed by atoms with Crippen LogP contribution in [0.25, 0.3) is 0 Å². The van der Waals surface area contributed by atoms with Crippen LogP contribution in [0.2, 0.25) is 0 Å². The van der Waals surface area contributed by atoms with E-state index in [1.54, 1.807) is 0 Å². The highest BCUT2D eigenvalue weighted by molar-refractivity contribution is 9.11. The molecule has 0 spiro atoms. The van der Waals surface area contributed by atoms with Crippen LogP contribution in [0.5, 0.6) is 0 Å². The van der Waals surface area contributed by atoms with E-state index in [0.717, 1.165) is 18.4 Å². The Labute approximate surface area is 140 Å². The Kier molecular flexibility index (Phi) is 6.57. The van der Waals surface area contributed by atoms with Gasteiger partial charge in [0.15, 0.2) is 0 Å². The second-order valence-electron chi connectivity index (χ2n) is 5.90. The van der Waals surface area contributed by atoms with Gasteiger partial charge in [-0.25, -0.2) is 0 Å². The predicted octanol–water partition coefficient (Wildman–Crippen LogP) is 6.08. The zero-order valence-corrected chi connectivity index (χ0v) is 15.6. The molecule has 0 aromatic heterocycles. The number of halogens is 2. The molecule has 1 saturated carbocycles. The van der Waals surface area contributed by atoms with Gasteiger partial charge in [-0.3, -0.25) is 0 Å². The molecule has 0 heterocycles. The summed E-state index contributed by atoms with van der Waals surface area (Å²) in [7, 11) is 0. The Morgan fingerprint density at radius 2 is 2.05 bits per heavy atom. The zero-order chi connectivity index (χ0) is 14.5. The third kappa shape index (κ3) is 4.08. The van der Waals surface area contributed by atoms with E-state index in [4.69, 9.17) is 0 Å². The molecule has 2 rings (SSSR count). The summed E-state index contributed by atoms with van der Waals surface area (Å²) in [5.41, 5.74) is 1.41. The quantitative estimate of drug-likeness (QED) is 0.629. The number of nitrogens with one attached hydrogen (secondary N) is 1. The second kappa shape index (κ2) is 7.95. The molecule has 0 amide bonds. The van der Waals surface area contributed by atoms with Crippen LogP contribution in [0.15, 0.2) is 27.1 Å². The van der Waals surface area contributed by atoms with Crippen molar-refractivity contribution >= 4 is 31.9 Å². The molecule has 20 heavy (non-hydrogen) atoms. The van der Waals surface area contributed by atoms with Crippen LogP contribution in [0.3, 0.4) is 0 Å². The fourth-order valence-electron chi connectivity index (χ4n) is 3.51. The molecule has 1 aliphatic carbocycles. The predicted molar refractivity (Wildman–Crippen MR) is 94.0 cm³/mol. The van der Waals surface area contributed by atoms with Gasteiger partial charge in [0.1, 0.15) is 0 Å². The lowest BCUT2D eigenvalue weighted by Gasteiger charge is -2.35. The summed E-state index contributed by atoms with van der Waals surface area (Å²) >= 11 is 7.36. The molecule has 1 aromatic rings. The van der Waals surface area contributed by atoms with Gasteiger partial charge in [0, 0.05) is 15.0 Å². The van der Waals surface area contributed by atoms with Crippen LogP contribution < -0.4 is 5.32 Å². The van der Waals surface area contributed by atoms with Crippen molar-refractivity contribution in [1.82, 2.24) is 5.32 Å². The summed E-state index contributed by atoms with van der Waals surface area (Å²) in [5, 5.41) is 3.73. The lowest BCUT2D eigenvalue weighted by Crippen LogP contribution is -2.31. The van der Waals surface area contributed by atoms with Gasteiger partial charge in [0.25, 0.3) is 0 Å².